The van der Waals surface area contributed by atoms with Crippen LogP contribution >= 0.6 is 0 Å². The monoisotopic (exact) mass is 420 g/mol. The Kier molecular flexibility index (Phi) is 5.45. The van der Waals surface area contributed by atoms with Gasteiger partial charge >= 0.3 is 0 Å². The Bertz CT molecular complexity index is 1080. The zero-order valence-electron chi connectivity index (χ0n) is 17.9. The first kappa shape index (κ1) is 19.8. The van der Waals surface area contributed by atoms with E-state index < -0.39 is 0 Å². The Balaban J connectivity index is 1.19. The molecule has 0 atom stereocenters. The average molecular weight is 421 g/mol. The van der Waals surface area contributed by atoms with Crippen molar-refractivity contribution in [1.82, 2.24) is 4.90 Å². The van der Waals surface area contributed by atoms with E-state index in [1.165, 1.54) is 18.4 Å². The van der Waals surface area contributed by atoms with Crippen molar-refractivity contribution in [2.45, 2.75) is 25.7 Å². The van der Waals surface area contributed by atoms with Crippen LogP contribution in [0.25, 0.3) is 11.0 Å². The van der Waals surface area contributed by atoms with E-state index in [9.17, 15) is 4.79 Å². The molecular formula is C25H28N2O4. The molecule has 0 N–H and O–H groups in total. The van der Waals surface area contributed by atoms with Crippen molar-refractivity contribution in [1.29, 1.82) is 0 Å². The number of anilines is 1. The molecule has 162 valence electrons. The minimum Gasteiger partial charge on any atom is -0.495 e. The van der Waals surface area contributed by atoms with Crippen LogP contribution in [0.15, 0.2) is 46.9 Å². The summed E-state index contributed by atoms with van der Waals surface area (Å²) in [4.78, 5) is 16.9. The van der Waals surface area contributed by atoms with Crippen LogP contribution in [-0.4, -0.2) is 50.7 Å². The van der Waals surface area contributed by atoms with Crippen molar-refractivity contribution in [3.8, 4) is 11.5 Å². The molecule has 2 aromatic carbocycles. The lowest BCUT2D eigenvalue weighted by atomic mass is 9.96. The molecule has 2 heterocycles. The number of furan rings is 1. The van der Waals surface area contributed by atoms with Gasteiger partial charge in [0, 0.05) is 43.5 Å². The Hall–Kier alpha value is -3.15. The molecule has 1 aromatic heterocycles. The first-order valence-electron chi connectivity index (χ1n) is 11.1. The van der Waals surface area contributed by atoms with Gasteiger partial charge in [-0.3, -0.25) is 4.79 Å². The average Bonchev–Trinajstić information content (AvgIpc) is 3.20. The molecule has 5 rings (SSSR count). The van der Waals surface area contributed by atoms with Crippen molar-refractivity contribution in [3.63, 3.8) is 0 Å². The van der Waals surface area contributed by atoms with E-state index in [0.29, 0.717) is 13.1 Å². The molecule has 2 aliphatic rings. The minimum absolute atomic E-state index is 0.0222. The van der Waals surface area contributed by atoms with Gasteiger partial charge in [0.05, 0.1) is 12.8 Å². The van der Waals surface area contributed by atoms with E-state index in [1.807, 2.05) is 41.3 Å². The maximum absolute atomic E-state index is 12.7. The fourth-order valence-corrected chi connectivity index (χ4v) is 4.66. The number of amides is 1. The molecule has 6 nitrogen and oxygen atoms in total. The van der Waals surface area contributed by atoms with Crippen LogP contribution in [0.3, 0.4) is 0 Å². The summed E-state index contributed by atoms with van der Waals surface area (Å²) in [5.41, 5.74) is 3.30. The Morgan fingerprint density at radius 2 is 1.84 bits per heavy atom. The second-order valence-electron chi connectivity index (χ2n) is 8.20. The van der Waals surface area contributed by atoms with Gasteiger partial charge in [0.15, 0.2) is 6.61 Å². The van der Waals surface area contributed by atoms with Gasteiger partial charge < -0.3 is 23.7 Å². The number of aryl methyl sites for hydroxylation is 2. The topological polar surface area (TPSA) is 55.2 Å². The fraction of sp³-hybridized carbons (Fsp3) is 0.400. The van der Waals surface area contributed by atoms with E-state index in [1.54, 1.807) is 7.11 Å². The van der Waals surface area contributed by atoms with Crippen LogP contribution in [-0.2, 0) is 17.6 Å². The van der Waals surface area contributed by atoms with Gasteiger partial charge in [-0.2, -0.15) is 0 Å². The summed E-state index contributed by atoms with van der Waals surface area (Å²) in [6.45, 7) is 2.96. The summed E-state index contributed by atoms with van der Waals surface area (Å²) in [6, 6.07) is 13.9. The number of methoxy groups -OCH3 is 1. The molecule has 1 saturated heterocycles. The molecule has 1 aliphatic carbocycles. The first-order chi connectivity index (χ1) is 15.2. The number of benzene rings is 2. The maximum Gasteiger partial charge on any atom is 0.260 e. The van der Waals surface area contributed by atoms with Gasteiger partial charge in [-0.15, -0.1) is 0 Å². The highest BCUT2D eigenvalue weighted by atomic mass is 16.5. The molecule has 31 heavy (non-hydrogen) atoms. The van der Waals surface area contributed by atoms with Gasteiger partial charge in [-0.1, -0.05) is 12.1 Å². The highest BCUT2D eigenvalue weighted by Crippen LogP contribution is 2.34. The van der Waals surface area contributed by atoms with E-state index in [0.717, 1.165) is 59.8 Å². The number of piperazine rings is 1. The lowest BCUT2D eigenvalue weighted by Gasteiger charge is -2.36. The van der Waals surface area contributed by atoms with Crippen molar-refractivity contribution in [2.24, 2.45) is 0 Å². The van der Waals surface area contributed by atoms with Crippen LogP contribution in [0.1, 0.15) is 24.2 Å². The van der Waals surface area contributed by atoms with Gasteiger partial charge in [-0.25, -0.2) is 0 Å². The zero-order valence-corrected chi connectivity index (χ0v) is 17.9. The molecule has 1 fully saturated rings. The predicted molar refractivity (Wildman–Crippen MR) is 120 cm³/mol. The van der Waals surface area contributed by atoms with E-state index in [4.69, 9.17) is 13.9 Å². The Morgan fingerprint density at radius 3 is 2.68 bits per heavy atom. The van der Waals surface area contributed by atoms with Gasteiger partial charge in [-0.05, 0) is 49.6 Å². The molecule has 0 saturated carbocycles. The number of carbonyl (C=O) groups excluding carboxylic acids is 1. The van der Waals surface area contributed by atoms with Crippen molar-refractivity contribution in [3.05, 3.63) is 53.8 Å². The summed E-state index contributed by atoms with van der Waals surface area (Å²) in [7, 11) is 1.69. The van der Waals surface area contributed by atoms with E-state index in [-0.39, 0.29) is 12.5 Å². The van der Waals surface area contributed by atoms with Crippen molar-refractivity contribution < 1.29 is 18.7 Å². The summed E-state index contributed by atoms with van der Waals surface area (Å²) in [5.74, 6) is 2.72. The largest absolute Gasteiger partial charge is 0.495 e. The number of para-hydroxylation sites is 2. The second-order valence-corrected chi connectivity index (χ2v) is 8.20. The maximum atomic E-state index is 12.7. The Labute approximate surface area is 182 Å². The summed E-state index contributed by atoms with van der Waals surface area (Å²) < 4.78 is 17.3. The number of nitrogens with zero attached hydrogens (tertiary/aromatic N) is 2. The number of rotatable bonds is 5. The SMILES string of the molecule is COc1ccccc1N1CCN(C(=O)COc2ccc3oc4c(c3c2)CCCC4)CC1. The van der Waals surface area contributed by atoms with Crippen molar-refractivity contribution >= 4 is 22.6 Å². The molecule has 3 aromatic rings. The molecule has 1 aliphatic heterocycles. The third-order valence-corrected chi connectivity index (χ3v) is 6.35. The van der Waals surface area contributed by atoms with Gasteiger partial charge in [0.25, 0.3) is 5.91 Å². The molecule has 0 spiro atoms. The molecule has 0 radical (unpaired) electrons. The molecule has 6 heteroatoms. The third kappa shape index (κ3) is 3.94. The molecular weight excluding hydrogens is 392 g/mol. The molecule has 0 unspecified atom stereocenters. The third-order valence-electron chi connectivity index (χ3n) is 6.35. The van der Waals surface area contributed by atoms with E-state index >= 15 is 0 Å². The zero-order chi connectivity index (χ0) is 21.2. The number of ether oxygens (including phenoxy) is 2. The van der Waals surface area contributed by atoms with Gasteiger partial charge in [0.2, 0.25) is 0 Å². The lowest BCUT2D eigenvalue weighted by molar-refractivity contribution is -0.133. The quantitative estimate of drug-likeness (QED) is 0.623. The Morgan fingerprint density at radius 1 is 1.03 bits per heavy atom. The van der Waals surface area contributed by atoms with Crippen LogP contribution in [0.5, 0.6) is 11.5 Å². The summed E-state index contributed by atoms with van der Waals surface area (Å²) >= 11 is 0. The fourth-order valence-electron chi connectivity index (χ4n) is 4.66. The number of hydrogen-bond acceptors (Lipinski definition) is 5. The summed E-state index contributed by atoms with van der Waals surface area (Å²) in [5, 5.41) is 1.13. The molecule has 1 amide bonds. The minimum atomic E-state index is 0.0222. The lowest BCUT2D eigenvalue weighted by Crippen LogP contribution is -2.50. The highest BCUT2D eigenvalue weighted by molar-refractivity contribution is 5.84. The normalized spacial score (nSPS) is 16.3. The van der Waals surface area contributed by atoms with Crippen LogP contribution < -0.4 is 14.4 Å². The number of hydrogen-bond donors (Lipinski definition) is 0. The second kappa shape index (κ2) is 8.53. The van der Waals surface area contributed by atoms with Crippen LogP contribution in [0.4, 0.5) is 5.69 Å². The smallest absolute Gasteiger partial charge is 0.260 e. The summed E-state index contributed by atoms with van der Waals surface area (Å²) in [6.07, 6.45) is 4.46. The number of fused-ring (bicyclic) bond motifs is 3. The van der Waals surface area contributed by atoms with Gasteiger partial charge in [0.1, 0.15) is 22.8 Å². The molecule has 0 bridgehead atoms. The predicted octanol–water partition coefficient (Wildman–Crippen LogP) is 4.05. The van der Waals surface area contributed by atoms with E-state index in [2.05, 4.69) is 11.0 Å². The first-order valence-corrected chi connectivity index (χ1v) is 11.1. The number of carbonyl (C=O) groups is 1. The standard InChI is InChI=1S/C25H28N2O4/c1-29-24-9-5-3-7-21(24)26-12-14-27(15-13-26)25(28)17-30-18-10-11-23-20(16-18)19-6-2-4-8-22(19)31-23/h3,5,7,9-11,16H,2,4,6,8,12-15,17H2,1H3. The van der Waals surface area contributed by atoms with Crippen LogP contribution in [0.2, 0.25) is 0 Å². The van der Waals surface area contributed by atoms with Crippen LogP contribution in [0, 0.1) is 0 Å². The van der Waals surface area contributed by atoms with Crippen molar-refractivity contribution in [2.75, 3.05) is 44.8 Å². The highest BCUT2D eigenvalue weighted by Gasteiger charge is 2.23.